The van der Waals surface area contributed by atoms with Gasteiger partial charge in [0.05, 0.1) is 7.11 Å². The van der Waals surface area contributed by atoms with Crippen LogP contribution in [0.15, 0.2) is 53.5 Å². The second kappa shape index (κ2) is 11.3. The Morgan fingerprint density at radius 3 is 2.42 bits per heavy atom. The Kier molecular flexibility index (Phi) is 9.50. The Labute approximate surface area is 171 Å². The van der Waals surface area contributed by atoms with Crippen LogP contribution in [0.3, 0.4) is 0 Å². The molecule has 6 nitrogen and oxygen atoms in total. The average Bonchev–Trinajstić information content (AvgIpc) is 2.65. The van der Waals surface area contributed by atoms with Crippen molar-refractivity contribution in [1.82, 2.24) is 10.6 Å². The van der Waals surface area contributed by atoms with Gasteiger partial charge in [-0.15, -0.1) is 24.0 Å². The first-order valence-corrected chi connectivity index (χ1v) is 8.09. The predicted octanol–water partition coefficient (Wildman–Crippen LogP) is 2.32. The summed E-state index contributed by atoms with van der Waals surface area (Å²) < 4.78 is 5.35. The van der Waals surface area contributed by atoms with Crippen molar-refractivity contribution < 1.29 is 9.53 Å². The van der Waals surface area contributed by atoms with Crippen LogP contribution in [-0.4, -0.2) is 32.6 Å². The molecule has 0 bridgehead atoms. The fraction of sp³-hybridized carbons (Fsp3) is 0.263. The minimum Gasteiger partial charge on any atom is -0.496 e. The predicted molar refractivity (Wildman–Crippen MR) is 115 cm³/mol. The molecule has 0 aliphatic rings. The number of ether oxygens (including phenoxy) is 1. The van der Waals surface area contributed by atoms with Crippen molar-refractivity contribution in [3.05, 3.63) is 65.2 Å². The third kappa shape index (κ3) is 6.55. The van der Waals surface area contributed by atoms with Crippen LogP contribution in [0.25, 0.3) is 0 Å². The van der Waals surface area contributed by atoms with Crippen LogP contribution in [0.2, 0.25) is 0 Å². The highest BCUT2D eigenvalue weighted by Crippen LogP contribution is 2.17. The Morgan fingerprint density at radius 2 is 1.81 bits per heavy atom. The van der Waals surface area contributed by atoms with Gasteiger partial charge in [-0.3, -0.25) is 9.79 Å². The highest BCUT2D eigenvalue weighted by molar-refractivity contribution is 14.0. The van der Waals surface area contributed by atoms with E-state index in [4.69, 9.17) is 10.5 Å². The minimum atomic E-state index is -0.423. The van der Waals surface area contributed by atoms with E-state index in [0.717, 1.165) is 29.8 Å². The molecule has 2 rings (SSSR count). The van der Waals surface area contributed by atoms with Crippen LogP contribution in [0.5, 0.6) is 5.75 Å². The molecule has 0 unspecified atom stereocenters. The number of amides is 1. The summed E-state index contributed by atoms with van der Waals surface area (Å²) in [5.74, 6) is 1.18. The summed E-state index contributed by atoms with van der Waals surface area (Å²) in [5, 5.41) is 6.52. The number of carbonyl (C=O) groups is 1. The first-order chi connectivity index (χ1) is 12.1. The Balaban J connectivity index is 0.00000338. The van der Waals surface area contributed by atoms with Gasteiger partial charge in [-0.05, 0) is 35.7 Å². The molecule has 0 radical (unpaired) electrons. The molecule has 0 aliphatic carbocycles. The molecule has 0 fully saturated rings. The van der Waals surface area contributed by atoms with Gasteiger partial charge in [0.2, 0.25) is 5.91 Å². The van der Waals surface area contributed by atoms with Crippen LogP contribution >= 0.6 is 24.0 Å². The van der Waals surface area contributed by atoms with Gasteiger partial charge >= 0.3 is 0 Å². The molecule has 0 saturated heterocycles. The Bertz CT molecular complexity index is 733. The number of nitrogens with zero attached hydrogens (tertiary/aromatic N) is 1. The summed E-state index contributed by atoms with van der Waals surface area (Å²) in [6.45, 7) is 1.34. The summed E-state index contributed by atoms with van der Waals surface area (Å²) in [6, 6.07) is 15.1. The summed E-state index contributed by atoms with van der Waals surface area (Å²) >= 11 is 0. The Morgan fingerprint density at radius 1 is 1.12 bits per heavy atom. The highest BCUT2D eigenvalue weighted by atomic mass is 127. The molecule has 0 heterocycles. The minimum absolute atomic E-state index is 0. The molecule has 1 amide bonds. The Hall–Kier alpha value is -2.29. The summed E-state index contributed by atoms with van der Waals surface area (Å²) in [6.07, 6.45) is 0.831. The van der Waals surface area contributed by atoms with E-state index < -0.39 is 5.91 Å². The molecule has 2 aromatic rings. The number of halogens is 1. The fourth-order valence-corrected chi connectivity index (χ4v) is 2.42. The van der Waals surface area contributed by atoms with Gasteiger partial charge < -0.3 is 21.1 Å². The lowest BCUT2D eigenvalue weighted by Gasteiger charge is -2.13. The van der Waals surface area contributed by atoms with Crippen molar-refractivity contribution in [3.63, 3.8) is 0 Å². The van der Waals surface area contributed by atoms with E-state index in [9.17, 15) is 4.79 Å². The lowest BCUT2D eigenvalue weighted by atomic mass is 10.1. The topological polar surface area (TPSA) is 88.7 Å². The third-order valence-corrected chi connectivity index (χ3v) is 3.80. The lowest BCUT2D eigenvalue weighted by Crippen LogP contribution is -2.37. The molecule has 0 aromatic heterocycles. The number of para-hydroxylation sites is 1. The van der Waals surface area contributed by atoms with E-state index >= 15 is 0 Å². The van der Waals surface area contributed by atoms with E-state index in [1.165, 1.54) is 0 Å². The number of benzene rings is 2. The van der Waals surface area contributed by atoms with Gasteiger partial charge in [-0.25, -0.2) is 0 Å². The summed E-state index contributed by atoms with van der Waals surface area (Å²) in [5.41, 5.74) is 7.93. The van der Waals surface area contributed by atoms with Gasteiger partial charge in [0.1, 0.15) is 5.75 Å². The van der Waals surface area contributed by atoms with Gasteiger partial charge in [-0.1, -0.05) is 30.3 Å². The van der Waals surface area contributed by atoms with Gasteiger partial charge in [0.15, 0.2) is 5.96 Å². The fourth-order valence-electron chi connectivity index (χ4n) is 2.42. The second-order valence-electron chi connectivity index (χ2n) is 5.48. The van der Waals surface area contributed by atoms with Crippen molar-refractivity contribution in [2.24, 2.45) is 10.7 Å². The van der Waals surface area contributed by atoms with E-state index in [2.05, 4.69) is 21.7 Å². The molecule has 140 valence electrons. The normalized spacial score (nSPS) is 10.6. The molecule has 7 heteroatoms. The quantitative estimate of drug-likeness (QED) is 0.331. The smallest absolute Gasteiger partial charge is 0.248 e. The first-order valence-electron chi connectivity index (χ1n) is 8.09. The number of rotatable bonds is 7. The van der Waals surface area contributed by atoms with Crippen molar-refractivity contribution in [1.29, 1.82) is 0 Å². The molecule has 0 saturated carbocycles. The number of hydrogen-bond donors (Lipinski definition) is 3. The van der Waals surface area contributed by atoms with Crippen LogP contribution in [-0.2, 0) is 13.0 Å². The maximum atomic E-state index is 11.1. The molecular formula is C19H25IN4O2. The zero-order chi connectivity index (χ0) is 18.1. The van der Waals surface area contributed by atoms with Gasteiger partial charge in [-0.2, -0.15) is 0 Å². The van der Waals surface area contributed by atoms with E-state index in [1.54, 1.807) is 26.3 Å². The van der Waals surface area contributed by atoms with Crippen LogP contribution in [0, 0.1) is 0 Å². The maximum absolute atomic E-state index is 11.1. The van der Waals surface area contributed by atoms with Crippen LogP contribution in [0.1, 0.15) is 21.5 Å². The van der Waals surface area contributed by atoms with E-state index in [1.807, 2.05) is 30.3 Å². The maximum Gasteiger partial charge on any atom is 0.248 e. The number of primary amides is 1. The summed E-state index contributed by atoms with van der Waals surface area (Å²) in [4.78, 5) is 15.3. The number of methoxy groups -OCH3 is 1. The lowest BCUT2D eigenvalue weighted by molar-refractivity contribution is 0.100. The number of nitrogens with two attached hydrogens (primary N) is 1. The number of carbonyl (C=O) groups excluding carboxylic acids is 1. The van der Waals surface area contributed by atoms with Gasteiger partial charge in [0.25, 0.3) is 0 Å². The second-order valence-corrected chi connectivity index (χ2v) is 5.48. The standard InChI is InChI=1S/C19H24N4O2.HI/c1-21-19(22-12-11-15-5-3-4-6-17(15)25-2)23-13-14-7-9-16(10-8-14)18(20)24;/h3-10H,11-13H2,1-2H3,(H2,20,24)(H2,21,22,23);1H. The van der Waals surface area contributed by atoms with Crippen molar-refractivity contribution in [2.45, 2.75) is 13.0 Å². The molecule has 0 spiro atoms. The number of hydrogen-bond acceptors (Lipinski definition) is 3. The number of aliphatic imine (C=N–C) groups is 1. The van der Waals surface area contributed by atoms with E-state index in [-0.39, 0.29) is 24.0 Å². The van der Waals surface area contributed by atoms with Gasteiger partial charge in [0, 0.05) is 25.7 Å². The molecular weight excluding hydrogens is 443 g/mol. The van der Waals surface area contributed by atoms with Crippen LogP contribution < -0.4 is 21.1 Å². The molecule has 0 atom stereocenters. The largest absolute Gasteiger partial charge is 0.496 e. The van der Waals surface area contributed by atoms with Crippen LogP contribution in [0.4, 0.5) is 0 Å². The highest BCUT2D eigenvalue weighted by Gasteiger charge is 2.03. The van der Waals surface area contributed by atoms with Crippen molar-refractivity contribution in [3.8, 4) is 5.75 Å². The summed E-state index contributed by atoms with van der Waals surface area (Å²) in [7, 11) is 3.41. The van der Waals surface area contributed by atoms with Crippen molar-refractivity contribution in [2.75, 3.05) is 20.7 Å². The van der Waals surface area contributed by atoms with Crippen molar-refractivity contribution >= 4 is 35.8 Å². The molecule has 26 heavy (non-hydrogen) atoms. The zero-order valence-electron chi connectivity index (χ0n) is 15.0. The SMILES string of the molecule is CN=C(NCCc1ccccc1OC)NCc1ccc(C(N)=O)cc1.I. The zero-order valence-corrected chi connectivity index (χ0v) is 17.3. The average molecular weight is 468 g/mol. The molecule has 0 aliphatic heterocycles. The van der Waals surface area contributed by atoms with E-state index in [0.29, 0.717) is 18.1 Å². The number of guanidine groups is 1. The molecule has 2 aromatic carbocycles. The molecule has 4 N–H and O–H groups in total. The monoisotopic (exact) mass is 468 g/mol. The number of nitrogens with one attached hydrogen (secondary N) is 2. The first kappa shape index (κ1) is 21.8. The third-order valence-electron chi connectivity index (χ3n) is 3.80.